The molecule has 0 unspecified atom stereocenters. The second-order valence-electron chi connectivity index (χ2n) is 9.41. The molecule has 1 aliphatic rings. The van der Waals surface area contributed by atoms with Gasteiger partial charge in [0.05, 0.1) is 5.92 Å². The molecule has 0 aliphatic carbocycles. The highest BCUT2D eigenvalue weighted by Gasteiger charge is 2.43. The zero-order chi connectivity index (χ0) is 24.6. The van der Waals surface area contributed by atoms with E-state index in [2.05, 4.69) is 29.2 Å². The molecule has 0 bridgehead atoms. The first-order valence-electron chi connectivity index (χ1n) is 12.4. The van der Waals surface area contributed by atoms with E-state index in [1.807, 2.05) is 73.8 Å². The number of carboxylic acid groups (broad SMARTS) is 1. The standard InChI is InChI=1S/C30H34N2O3/c1-31(20-12-11-15-23-13-5-2-6-14-23)26-21-27(30(34)35)32(22-26)29(33)28(24-16-7-3-8-17-24)25-18-9-4-10-19-25/h2-10,13-14,16-19,26-28H,11-12,15,20-22H2,1H3,(H,34,35)/t26-,27-/m0/s1. The van der Waals surface area contributed by atoms with E-state index in [0.717, 1.165) is 36.9 Å². The summed E-state index contributed by atoms with van der Waals surface area (Å²) in [6.07, 6.45) is 3.60. The summed E-state index contributed by atoms with van der Waals surface area (Å²) in [5, 5.41) is 9.98. The summed E-state index contributed by atoms with van der Waals surface area (Å²) in [6, 6.07) is 29.0. The number of benzene rings is 3. The predicted molar refractivity (Wildman–Crippen MR) is 138 cm³/mol. The minimum absolute atomic E-state index is 0.0315. The Bertz CT molecular complexity index is 1050. The predicted octanol–water partition coefficient (Wildman–Crippen LogP) is 4.83. The van der Waals surface area contributed by atoms with Gasteiger partial charge in [0.15, 0.2) is 0 Å². The van der Waals surface area contributed by atoms with E-state index in [-0.39, 0.29) is 11.9 Å². The number of rotatable bonds is 10. The molecule has 1 aliphatic heterocycles. The Morgan fingerprint density at radius 1 is 0.886 bits per heavy atom. The lowest BCUT2D eigenvalue weighted by Crippen LogP contribution is -2.43. The van der Waals surface area contributed by atoms with E-state index in [1.165, 1.54) is 5.56 Å². The van der Waals surface area contributed by atoms with E-state index in [4.69, 9.17) is 0 Å². The SMILES string of the molecule is CN(CCCCc1ccccc1)[C@H]1C[C@@H](C(=O)O)N(C(=O)C(c2ccccc2)c2ccccc2)C1. The number of hydrogen-bond acceptors (Lipinski definition) is 3. The molecule has 1 N–H and O–H groups in total. The van der Waals surface area contributed by atoms with Crippen molar-refractivity contribution < 1.29 is 14.7 Å². The zero-order valence-electron chi connectivity index (χ0n) is 20.3. The molecule has 1 saturated heterocycles. The monoisotopic (exact) mass is 470 g/mol. The summed E-state index contributed by atoms with van der Waals surface area (Å²) >= 11 is 0. The number of carbonyl (C=O) groups excluding carboxylic acids is 1. The normalized spacial score (nSPS) is 17.7. The van der Waals surface area contributed by atoms with Crippen molar-refractivity contribution in [2.24, 2.45) is 0 Å². The summed E-state index contributed by atoms with van der Waals surface area (Å²) in [5.41, 5.74) is 3.10. The maximum atomic E-state index is 13.9. The van der Waals surface area contributed by atoms with Crippen molar-refractivity contribution in [2.45, 2.75) is 43.7 Å². The molecule has 35 heavy (non-hydrogen) atoms. The van der Waals surface area contributed by atoms with Gasteiger partial charge >= 0.3 is 5.97 Å². The number of amides is 1. The minimum Gasteiger partial charge on any atom is -0.480 e. The van der Waals surface area contributed by atoms with Crippen LogP contribution in [0.1, 0.15) is 41.9 Å². The van der Waals surface area contributed by atoms with Crippen molar-refractivity contribution in [1.29, 1.82) is 0 Å². The number of likely N-dealkylation sites (N-methyl/N-ethyl adjacent to an activating group) is 1. The molecule has 0 spiro atoms. The number of likely N-dealkylation sites (tertiary alicyclic amines) is 1. The lowest BCUT2D eigenvalue weighted by Gasteiger charge is -2.28. The highest BCUT2D eigenvalue weighted by Crippen LogP contribution is 2.31. The third-order valence-corrected chi connectivity index (χ3v) is 7.05. The molecular weight excluding hydrogens is 436 g/mol. The van der Waals surface area contributed by atoms with Crippen LogP contribution < -0.4 is 0 Å². The van der Waals surface area contributed by atoms with E-state index < -0.39 is 17.9 Å². The Morgan fingerprint density at radius 3 is 1.97 bits per heavy atom. The summed E-state index contributed by atoms with van der Waals surface area (Å²) in [4.78, 5) is 29.9. The van der Waals surface area contributed by atoms with Gasteiger partial charge in [-0.1, -0.05) is 91.0 Å². The van der Waals surface area contributed by atoms with Crippen molar-refractivity contribution in [3.63, 3.8) is 0 Å². The molecule has 1 amide bonds. The molecule has 2 atom stereocenters. The summed E-state index contributed by atoms with van der Waals surface area (Å²) in [7, 11) is 2.05. The zero-order valence-corrected chi connectivity index (χ0v) is 20.3. The second kappa shape index (κ2) is 11.8. The van der Waals surface area contributed by atoms with Crippen LogP contribution in [-0.2, 0) is 16.0 Å². The van der Waals surface area contributed by atoms with Crippen molar-refractivity contribution >= 4 is 11.9 Å². The molecule has 182 valence electrons. The van der Waals surface area contributed by atoms with Crippen molar-refractivity contribution in [2.75, 3.05) is 20.1 Å². The quantitative estimate of drug-likeness (QED) is 0.431. The fourth-order valence-electron chi connectivity index (χ4n) is 5.06. The summed E-state index contributed by atoms with van der Waals surface area (Å²) in [5.74, 6) is -1.60. The van der Waals surface area contributed by atoms with Gasteiger partial charge in [0.1, 0.15) is 6.04 Å². The molecule has 3 aromatic rings. The maximum absolute atomic E-state index is 13.9. The highest BCUT2D eigenvalue weighted by atomic mass is 16.4. The van der Waals surface area contributed by atoms with Crippen LogP contribution in [0.5, 0.6) is 0 Å². The first-order chi connectivity index (χ1) is 17.0. The average Bonchev–Trinajstić information content (AvgIpc) is 3.35. The molecule has 4 rings (SSSR count). The molecule has 0 saturated carbocycles. The van der Waals surface area contributed by atoms with Gasteiger partial charge in [-0.3, -0.25) is 4.79 Å². The number of nitrogens with zero attached hydrogens (tertiary/aromatic N) is 2. The average molecular weight is 471 g/mol. The van der Waals surface area contributed by atoms with Gasteiger partial charge < -0.3 is 14.9 Å². The van der Waals surface area contributed by atoms with Crippen molar-refractivity contribution in [1.82, 2.24) is 9.80 Å². The van der Waals surface area contributed by atoms with Crippen molar-refractivity contribution in [3.8, 4) is 0 Å². The Labute approximate surface area is 208 Å². The smallest absolute Gasteiger partial charge is 0.326 e. The summed E-state index contributed by atoms with van der Waals surface area (Å²) in [6.45, 7) is 1.31. The molecule has 5 heteroatoms. The van der Waals surface area contributed by atoms with Gasteiger partial charge in [0, 0.05) is 12.6 Å². The largest absolute Gasteiger partial charge is 0.480 e. The van der Waals surface area contributed by atoms with E-state index in [9.17, 15) is 14.7 Å². The maximum Gasteiger partial charge on any atom is 0.326 e. The van der Waals surface area contributed by atoms with E-state index >= 15 is 0 Å². The molecule has 0 radical (unpaired) electrons. The van der Waals surface area contributed by atoms with Gasteiger partial charge in [-0.05, 0) is 56.0 Å². The van der Waals surface area contributed by atoms with Crippen LogP contribution in [0.2, 0.25) is 0 Å². The van der Waals surface area contributed by atoms with Gasteiger partial charge in [0.2, 0.25) is 5.91 Å². The van der Waals surface area contributed by atoms with Crippen LogP contribution in [0.15, 0.2) is 91.0 Å². The third kappa shape index (κ3) is 6.17. The molecule has 1 heterocycles. The fraction of sp³-hybridized carbons (Fsp3) is 0.333. The Hall–Kier alpha value is -3.44. The third-order valence-electron chi connectivity index (χ3n) is 7.05. The van der Waals surface area contributed by atoms with Crippen LogP contribution in [0.3, 0.4) is 0 Å². The lowest BCUT2D eigenvalue weighted by molar-refractivity contribution is -0.148. The van der Waals surface area contributed by atoms with Gasteiger partial charge in [-0.25, -0.2) is 4.79 Å². The topological polar surface area (TPSA) is 60.9 Å². The Morgan fingerprint density at radius 2 is 1.43 bits per heavy atom. The summed E-state index contributed by atoms with van der Waals surface area (Å²) < 4.78 is 0. The van der Waals surface area contributed by atoms with Gasteiger partial charge in [-0.15, -0.1) is 0 Å². The van der Waals surface area contributed by atoms with Crippen LogP contribution in [0.4, 0.5) is 0 Å². The van der Waals surface area contributed by atoms with E-state index in [1.54, 1.807) is 4.90 Å². The van der Waals surface area contributed by atoms with Crippen molar-refractivity contribution in [3.05, 3.63) is 108 Å². The number of carbonyl (C=O) groups is 2. The van der Waals surface area contributed by atoms with Crippen LogP contribution in [0, 0.1) is 0 Å². The number of aliphatic carboxylic acids is 1. The minimum atomic E-state index is -0.932. The molecule has 0 aromatic heterocycles. The highest BCUT2D eigenvalue weighted by molar-refractivity contribution is 5.91. The first-order valence-corrected chi connectivity index (χ1v) is 12.4. The lowest BCUT2D eigenvalue weighted by atomic mass is 9.90. The number of unbranched alkanes of at least 4 members (excludes halogenated alkanes) is 1. The Balaban J connectivity index is 1.44. The molecular formula is C30H34N2O3. The number of carboxylic acids is 1. The first kappa shape index (κ1) is 24.7. The van der Waals surface area contributed by atoms with Gasteiger partial charge in [-0.2, -0.15) is 0 Å². The number of hydrogen-bond donors (Lipinski definition) is 1. The van der Waals surface area contributed by atoms with Gasteiger partial charge in [0.25, 0.3) is 0 Å². The van der Waals surface area contributed by atoms with Crippen LogP contribution in [0.25, 0.3) is 0 Å². The van der Waals surface area contributed by atoms with Crippen LogP contribution in [-0.4, -0.2) is 59.0 Å². The molecule has 1 fully saturated rings. The Kier molecular flexibility index (Phi) is 8.32. The second-order valence-corrected chi connectivity index (χ2v) is 9.41. The van der Waals surface area contributed by atoms with E-state index in [0.29, 0.717) is 13.0 Å². The number of aryl methyl sites for hydroxylation is 1. The molecule has 5 nitrogen and oxygen atoms in total. The fourth-order valence-corrected chi connectivity index (χ4v) is 5.06. The van der Waals surface area contributed by atoms with Crippen LogP contribution >= 0.6 is 0 Å². The molecule has 3 aromatic carbocycles.